The zero-order valence-electron chi connectivity index (χ0n) is 10.2. The van der Waals surface area contributed by atoms with Crippen LogP contribution in [-0.4, -0.2) is 9.78 Å². The van der Waals surface area contributed by atoms with Crippen molar-refractivity contribution in [2.45, 2.75) is 26.8 Å². The molecule has 90 valence electrons. The fraction of sp³-hybridized carbons (Fsp3) is 0.357. The van der Waals surface area contributed by atoms with Crippen molar-refractivity contribution in [3.05, 3.63) is 52.8 Å². The van der Waals surface area contributed by atoms with Crippen LogP contribution >= 0.6 is 11.6 Å². The van der Waals surface area contributed by atoms with E-state index in [9.17, 15) is 0 Å². The van der Waals surface area contributed by atoms with Crippen LogP contribution in [0.3, 0.4) is 0 Å². The van der Waals surface area contributed by atoms with Gasteiger partial charge in [-0.1, -0.05) is 55.8 Å². The minimum Gasteiger partial charge on any atom is -0.249 e. The van der Waals surface area contributed by atoms with Gasteiger partial charge in [-0.15, -0.1) is 0 Å². The molecule has 1 heterocycles. The number of nitrogens with zero attached hydrogens (tertiary/aromatic N) is 2. The van der Waals surface area contributed by atoms with E-state index < -0.39 is 0 Å². The Hall–Kier alpha value is -1.28. The van der Waals surface area contributed by atoms with Crippen molar-refractivity contribution >= 4 is 11.6 Å². The number of halogens is 1. The van der Waals surface area contributed by atoms with Gasteiger partial charge >= 0.3 is 0 Å². The van der Waals surface area contributed by atoms with E-state index in [4.69, 9.17) is 11.6 Å². The van der Waals surface area contributed by atoms with Crippen molar-refractivity contribution < 1.29 is 0 Å². The molecule has 2 rings (SSSR count). The third-order valence-corrected chi connectivity index (χ3v) is 2.88. The van der Waals surface area contributed by atoms with Gasteiger partial charge in [0.15, 0.2) is 0 Å². The summed E-state index contributed by atoms with van der Waals surface area (Å²) in [5.74, 6) is 0.603. The second-order valence-electron chi connectivity index (χ2n) is 4.70. The van der Waals surface area contributed by atoms with Gasteiger partial charge < -0.3 is 0 Å². The summed E-state index contributed by atoms with van der Waals surface area (Å²) >= 11 is 6.18. The Balaban J connectivity index is 2.14. The van der Waals surface area contributed by atoms with E-state index in [1.54, 1.807) is 0 Å². The molecule has 2 aromatic rings. The van der Waals surface area contributed by atoms with Crippen LogP contribution in [0.4, 0.5) is 0 Å². The Morgan fingerprint density at radius 2 is 1.94 bits per heavy atom. The predicted molar refractivity (Wildman–Crippen MR) is 71.3 cm³/mol. The Kier molecular flexibility index (Phi) is 3.85. The van der Waals surface area contributed by atoms with Crippen LogP contribution in [0.15, 0.2) is 36.4 Å². The standard InChI is InChI=1S/C14H17ClN2/c1-11(2)8-13-9-14(15)17(16-13)10-12-6-4-3-5-7-12/h3-7,9,11H,8,10H2,1-2H3. The van der Waals surface area contributed by atoms with E-state index in [-0.39, 0.29) is 0 Å². The lowest BCUT2D eigenvalue weighted by atomic mass is 10.1. The fourth-order valence-corrected chi connectivity index (χ4v) is 2.05. The SMILES string of the molecule is CC(C)Cc1cc(Cl)n(Cc2ccccc2)n1. The highest BCUT2D eigenvalue weighted by Gasteiger charge is 2.07. The van der Waals surface area contributed by atoms with Crippen molar-refractivity contribution in [3.63, 3.8) is 0 Å². The molecular weight excluding hydrogens is 232 g/mol. The topological polar surface area (TPSA) is 17.8 Å². The zero-order chi connectivity index (χ0) is 12.3. The molecule has 0 saturated heterocycles. The van der Waals surface area contributed by atoms with Gasteiger partial charge in [0.1, 0.15) is 5.15 Å². The van der Waals surface area contributed by atoms with Crippen molar-refractivity contribution in [2.75, 3.05) is 0 Å². The van der Waals surface area contributed by atoms with Crippen molar-refractivity contribution in [1.82, 2.24) is 9.78 Å². The summed E-state index contributed by atoms with van der Waals surface area (Å²) in [5.41, 5.74) is 2.29. The van der Waals surface area contributed by atoms with Crippen molar-refractivity contribution in [2.24, 2.45) is 5.92 Å². The normalized spacial score (nSPS) is 11.1. The summed E-state index contributed by atoms with van der Waals surface area (Å²) in [6.45, 7) is 5.10. The largest absolute Gasteiger partial charge is 0.249 e. The molecule has 2 nitrogen and oxygen atoms in total. The number of rotatable bonds is 4. The minimum atomic E-state index is 0.603. The number of aromatic nitrogens is 2. The first-order valence-electron chi connectivity index (χ1n) is 5.91. The average Bonchev–Trinajstić information content (AvgIpc) is 2.59. The van der Waals surface area contributed by atoms with Gasteiger partial charge in [0.2, 0.25) is 0 Å². The maximum Gasteiger partial charge on any atom is 0.127 e. The first-order chi connectivity index (χ1) is 8.15. The first kappa shape index (κ1) is 12.2. The molecule has 1 aromatic carbocycles. The third kappa shape index (κ3) is 3.34. The van der Waals surface area contributed by atoms with Crippen molar-refractivity contribution in [3.8, 4) is 0 Å². The molecule has 0 bridgehead atoms. The van der Waals surface area contributed by atoms with Gasteiger partial charge in [0, 0.05) is 0 Å². The van der Waals surface area contributed by atoms with E-state index in [2.05, 4.69) is 31.1 Å². The molecule has 0 aliphatic carbocycles. The Morgan fingerprint density at radius 1 is 1.24 bits per heavy atom. The van der Waals surface area contributed by atoms with Crippen molar-refractivity contribution in [1.29, 1.82) is 0 Å². The molecule has 0 unspecified atom stereocenters. The fourth-order valence-electron chi connectivity index (χ4n) is 1.83. The van der Waals surface area contributed by atoms with Gasteiger partial charge in [0.05, 0.1) is 12.2 Å². The first-order valence-corrected chi connectivity index (χ1v) is 6.29. The molecule has 0 radical (unpaired) electrons. The highest BCUT2D eigenvalue weighted by atomic mass is 35.5. The summed E-state index contributed by atoms with van der Waals surface area (Å²) in [4.78, 5) is 0. The zero-order valence-corrected chi connectivity index (χ0v) is 11.0. The minimum absolute atomic E-state index is 0.603. The molecule has 0 amide bonds. The lowest BCUT2D eigenvalue weighted by molar-refractivity contribution is 0.608. The number of hydrogen-bond donors (Lipinski definition) is 0. The maximum atomic E-state index is 6.18. The van der Waals surface area contributed by atoms with Crippen LogP contribution in [0.25, 0.3) is 0 Å². The molecule has 17 heavy (non-hydrogen) atoms. The highest BCUT2D eigenvalue weighted by Crippen LogP contribution is 2.15. The number of hydrogen-bond acceptors (Lipinski definition) is 1. The molecule has 0 saturated carbocycles. The van der Waals surface area contributed by atoms with E-state index in [0.29, 0.717) is 11.1 Å². The molecular formula is C14H17ClN2. The third-order valence-electron chi connectivity index (χ3n) is 2.57. The Labute approximate surface area is 107 Å². The molecule has 0 aliphatic heterocycles. The molecule has 0 fully saturated rings. The summed E-state index contributed by atoms with van der Waals surface area (Å²) in [6, 6.07) is 12.2. The van der Waals surface area contributed by atoms with E-state index in [1.165, 1.54) is 5.56 Å². The van der Waals surface area contributed by atoms with E-state index >= 15 is 0 Å². The second-order valence-corrected chi connectivity index (χ2v) is 5.09. The number of benzene rings is 1. The van der Waals surface area contributed by atoms with Crippen LogP contribution in [0.5, 0.6) is 0 Å². The summed E-state index contributed by atoms with van der Waals surface area (Å²) in [6.07, 6.45) is 0.974. The van der Waals surface area contributed by atoms with Gasteiger partial charge in [0.25, 0.3) is 0 Å². The molecule has 3 heteroatoms. The summed E-state index contributed by atoms with van der Waals surface area (Å²) in [7, 11) is 0. The summed E-state index contributed by atoms with van der Waals surface area (Å²) < 4.78 is 1.86. The quantitative estimate of drug-likeness (QED) is 0.805. The van der Waals surface area contributed by atoms with Gasteiger partial charge in [-0.05, 0) is 24.0 Å². The van der Waals surface area contributed by atoms with Crippen LogP contribution in [0.2, 0.25) is 5.15 Å². The monoisotopic (exact) mass is 248 g/mol. The van der Waals surface area contributed by atoms with E-state index in [0.717, 1.165) is 18.7 Å². The highest BCUT2D eigenvalue weighted by molar-refractivity contribution is 6.29. The molecule has 1 aromatic heterocycles. The molecule has 0 aliphatic rings. The lowest BCUT2D eigenvalue weighted by Crippen LogP contribution is -2.03. The van der Waals surface area contributed by atoms with Crippen LogP contribution in [-0.2, 0) is 13.0 Å². The van der Waals surface area contributed by atoms with E-state index in [1.807, 2.05) is 28.9 Å². The predicted octanol–water partition coefficient (Wildman–Crippen LogP) is 3.78. The molecule has 0 atom stereocenters. The Bertz CT molecular complexity index is 474. The van der Waals surface area contributed by atoms with Gasteiger partial charge in [-0.3, -0.25) is 0 Å². The van der Waals surface area contributed by atoms with Crippen LogP contribution in [0.1, 0.15) is 25.1 Å². The lowest BCUT2D eigenvalue weighted by Gasteiger charge is -2.03. The maximum absolute atomic E-state index is 6.18. The van der Waals surface area contributed by atoms with Crippen LogP contribution in [0, 0.1) is 5.92 Å². The van der Waals surface area contributed by atoms with Gasteiger partial charge in [-0.2, -0.15) is 5.10 Å². The van der Waals surface area contributed by atoms with Crippen LogP contribution < -0.4 is 0 Å². The molecule has 0 N–H and O–H groups in total. The smallest absolute Gasteiger partial charge is 0.127 e. The summed E-state index contributed by atoms with van der Waals surface area (Å²) in [5, 5.41) is 5.24. The second kappa shape index (κ2) is 5.37. The average molecular weight is 249 g/mol. The Morgan fingerprint density at radius 3 is 2.59 bits per heavy atom. The molecule has 0 spiro atoms. The van der Waals surface area contributed by atoms with Gasteiger partial charge in [-0.25, -0.2) is 4.68 Å².